The normalized spacial score (nSPS) is 12.6. The Bertz CT molecular complexity index is 1660. The molecule has 2 unspecified atom stereocenters. The van der Waals surface area contributed by atoms with E-state index >= 15 is 0 Å². The number of hydrogen-bond acceptors (Lipinski definition) is 8. The first kappa shape index (κ1) is 95.8. The van der Waals surface area contributed by atoms with Gasteiger partial charge in [-0.2, -0.15) is 0 Å². The number of aliphatic carboxylic acids is 1. The summed E-state index contributed by atoms with van der Waals surface area (Å²) in [5.41, 5.74) is 0. The maximum Gasteiger partial charge on any atom is 0.306 e. The summed E-state index contributed by atoms with van der Waals surface area (Å²) in [7, 11) is 5.96. The number of hydrogen-bond donors (Lipinski definition) is 0. The molecule has 580 valence electrons. The lowest BCUT2D eigenvalue weighted by Crippen LogP contribution is -2.44. The molecule has 0 aliphatic carbocycles. The number of unbranched alkanes of at least 4 members (excludes halogenated alkanes) is 65. The molecule has 0 amide bonds. The van der Waals surface area contributed by atoms with Crippen molar-refractivity contribution in [1.29, 1.82) is 0 Å². The molecule has 0 aromatic carbocycles. The van der Waals surface area contributed by atoms with Crippen LogP contribution in [0, 0.1) is 0 Å². The summed E-state index contributed by atoms with van der Waals surface area (Å²) < 4.78 is 22.9. The molecule has 0 saturated heterocycles. The van der Waals surface area contributed by atoms with Crippen molar-refractivity contribution in [2.45, 2.75) is 482 Å². The molecule has 0 spiro atoms. The number of ether oxygens (including phenoxy) is 4. The molecular formula is C89H171NO8. The van der Waals surface area contributed by atoms with Gasteiger partial charge in [-0.3, -0.25) is 9.59 Å². The number of allylic oxidation sites excluding steroid dienone is 4. The lowest BCUT2D eigenvalue weighted by Gasteiger charge is -2.26. The molecule has 0 N–H and O–H groups in total. The predicted molar refractivity (Wildman–Crippen MR) is 422 cm³/mol. The first-order valence-corrected chi connectivity index (χ1v) is 44.0. The fraction of sp³-hybridized carbons (Fsp3) is 0.921. The number of esters is 2. The van der Waals surface area contributed by atoms with Gasteiger partial charge in [0.1, 0.15) is 13.2 Å². The molecule has 0 aliphatic rings. The van der Waals surface area contributed by atoms with E-state index in [4.69, 9.17) is 18.9 Å². The zero-order valence-corrected chi connectivity index (χ0v) is 66.7. The van der Waals surface area contributed by atoms with Gasteiger partial charge in [-0.1, -0.05) is 436 Å². The molecular weight excluding hydrogens is 1210 g/mol. The first-order chi connectivity index (χ1) is 48.1. The third kappa shape index (κ3) is 81.1. The van der Waals surface area contributed by atoms with Crippen molar-refractivity contribution in [3.63, 3.8) is 0 Å². The number of likely N-dealkylation sites (N-methyl/N-ethyl adjacent to an activating group) is 1. The minimum Gasteiger partial charge on any atom is -0.545 e. The molecule has 0 bridgehead atoms. The van der Waals surface area contributed by atoms with Crippen LogP contribution >= 0.6 is 0 Å². The van der Waals surface area contributed by atoms with E-state index in [0.717, 1.165) is 44.9 Å². The van der Waals surface area contributed by atoms with Gasteiger partial charge in [0.05, 0.1) is 40.3 Å². The number of nitrogens with zero attached hydrogens (tertiary/aromatic N) is 1. The van der Waals surface area contributed by atoms with Crippen molar-refractivity contribution < 1.29 is 42.9 Å². The topological polar surface area (TPSA) is 111 Å². The summed E-state index contributed by atoms with van der Waals surface area (Å²) in [4.78, 5) is 37.7. The summed E-state index contributed by atoms with van der Waals surface area (Å²) in [6.07, 6.45) is 101. The second-order valence-electron chi connectivity index (χ2n) is 31.5. The van der Waals surface area contributed by atoms with Crippen LogP contribution < -0.4 is 5.11 Å². The first-order valence-electron chi connectivity index (χ1n) is 44.0. The molecule has 9 heteroatoms. The largest absolute Gasteiger partial charge is 0.545 e. The third-order valence-corrected chi connectivity index (χ3v) is 20.5. The van der Waals surface area contributed by atoms with Gasteiger partial charge in [0.15, 0.2) is 12.4 Å². The predicted octanol–water partition coefficient (Wildman–Crippen LogP) is 27.1. The fourth-order valence-electron chi connectivity index (χ4n) is 13.8. The van der Waals surface area contributed by atoms with Gasteiger partial charge in [-0.05, 0) is 44.9 Å². The molecule has 0 radical (unpaired) electrons. The van der Waals surface area contributed by atoms with Crippen molar-refractivity contribution in [1.82, 2.24) is 0 Å². The Morgan fingerprint density at radius 1 is 0.306 bits per heavy atom. The Morgan fingerprint density at radius 2 is 0.551 bits per heavy atom. The molecule has 0 rings (SSSR count). The van der Waals surface area contributed by atoms with E-state index in [1.807, 2.05) is 21.1 Å². The van der Waals surface area contributed by atoms with Crippen molar-refractivity contribution in [2.24, 2.45) is 0 Å². The van der Waals surface area contributed by atoms with Gasteiger partial charge >= 0.3 is 11.9 Å². The van der Waals surface area contributed by atoms with Gasteiger partial charge in [0, 0.05) is 12.8 Å². The molecule has 98 heavy (non-hydrogen) atoms. The zero-order chi connectivity index (χ0) is 71.1. The van der Waals surface area contributed by atoms with Crippen LogP contribution in [0.5, 0.6) is 0 Å². The van der Waals surface area contributed by atoms with Gasteiger partial charge in [-0.25, -0.2) is 0 Å². The van der Waals surface area contributed by atoms with E-state index in [1.165, 1.54) is 398 Å². The number of quaternary nitrogens is 1. The van der Waals surface area contributed by atoms with E-state index in [1.54, 1.807) is 0 Å². The Hall–Kier alpha value is -2.23. The van der Waals surface area contributed by atoms with Crippen LogP contribution in [0.1, 0.15) is 470 Å². The highest BCUT2D eigenvalue weighted by molar-refractivity contribution is 5.70. The van der Waals surface area contributed by atoms with Gasteiger partial charge in [-0.15, -0.1) is 0 Å². The number of rotatable bonds is 84. The number of carboxylic acid groups (broad SMARTS) is 1. The Labute approximate surface area is 611 Å². The molecule has 0 heterocycles. The highest BCUT2D eigenvalue weighted by Crippen LogP contribution is 2.21. The Kier molecular flexibility index (Phi) is 78.6. The fourth-order valence-corrected chi connectivity index (χ4v) is 13.8. The third-order valence-electron chi connectivity index (χ3n) is 20.5. The lowest BCUT2D eigenvalue weighted by atomic mass is 10.0. The van der Waals surface area contributed by atoms with Crippen LogP contribution in [0.15, 0.2) is 24.3 Å². The van der Waals surface area contributed by atoms with E-state index < -0.39 is 24.3 Å². The van der Waals surface area contributed by atoms with Crippen molar-refractivity contribution in [3.8, 4) is 0 Å². The molecule has 0 aromatic heterocycles. The summed E-state index contributed by atoms with van der Waals surface area (Å²) in [6, 6.07) is 0. The van der Waals surface area contributed by atoms with E-state index in [2.05, 4.69) is 38.2 Å². The van der Waals surface area contributed by atoms with Crippen LogP contribution in [0.2, 0.25) is 0 Å². The molecule has 0 aliphatic heterocycles. The van der Waals surface area contributed by atoms with Crippen LogP contribution in [0.4, 0.5) is 0 Å². The summed E-state index contributed by atoms with van der Waals surface area (Å²) >= 11 is 0. The average Bonchev–Trinajstić information content (AvgIpc) is 1.14. The SMILES string of the molecule is CCCCCCC/C=C\C/C=C\CCCCCCCCCCCCCCCCCCCCCCCC(=O)OC(COC(=O)CCCCCCCCCCCCCCCCCCCCCCCCCCCCCCCCCCCCCCCCCC)COC(OCC[N+](C)(C)C)C(=O)[O-]. The van der Waals surface area contributed by atoms with Crippen molar-refractivity contribution in [2.75, 3.05) is 47.5 Å². The molecule has 0 saturated carbocycles. The van der Waals surface area contributed by atoms with Gasteiger partial charge in [0.25, 0.3) is 0 Å². The van der Waals surface area contributed by atoms with Crippen LogP contribution in [-0.2, 0) is 33.3 Å². The molecule has 9 nitrogen and oxygen atoms in total. The van der Waals surface area contributed by atoms with Gasteiger partial charge < -0.3 is 33.3 Å². The van der Waals surface area contributed by atoms with E-state index in [-0.39, 0.29) is 32.2 Å². The standard InChI is InChI=1S/C89H171NO8/c1-6-8-10-12-14-16-18-20-22-24-26-28-30-32-34-36-38-40-41-42-43-44-45-46-48-49-51-53-55-57-59-61-63-65-67-69-71-73-75-77-79-86(91)96-83-85(84-97-89(88(93)94)95-82-81-90(3,4)5)98-87(92)80-78-76-74-72-70-68-66-64-62-60-58-56-54-52-50-47-39-37-35-33-31-29-27-25-23-21-19-17-15-13-11-9-7-2/h19,21,25,27,85,89H,6-18,20,22-24,26,28-84H2,1-5H3/b21-19-,27-25-. The number of carboxylic acids is 1. The number of carbonyl (C=O) groups is 3. The molecule has 2 atom stereocenters. The highest BCUT2D eigenvalue weighted by Gasteiger charge is 2.22. The highest BCUT2D eigenvalue weighted by atomic mass is 16.7. The van der Waals surface area contributed by atoms with E-state index in [0.29, 0.717) is 17.4 Å². The van der Waals surface area contributed by atoms with Crippen LogP contribution in [0.3, 0.4) is 0 Å². The quantitative estimate of drug-likeness (QED) is 0.0195. The summed E-state index contributed by atoms with van der Waals surface area (Å²) in [5.74, 6) is -2.24. The van der Waals surface area contributed by atoms with Gasteiger partial charge in [0.2, 0.25) is 0 Å². The van der Waals surface area contributed by atoms with Crippen LogP contribution in [0.25, 0.3) is 0 Å². The van der Waals surface area contributed by atoms with Crippen molar-refractivity contribution >= 4 is 17.9 Å². The maximum absolute atomic E-state index is 13.0. The lowest BCUT2D eigenvalue weighted by molar-refractivity contribution is -0.870. The average molecular weight is 1380 g/mol. The monoisotopic (exact) mass is 1380 g/mol. The zero-order valence-electron chi connectivity index (χ0n) is 66.7. The van der Waals surface area contributed by atoms with Crippen molar-refractivity contribution in [3.05, 3.63) is 24.3 Å². The molecule has 0 fully saturated rings. The minimum absolute atomic E-state index is 0.152. The second kappa shape index (κ2) is 80.5. The van der Waals surface area contributed by atoms with Crippen LogP contribution in [-0.4, -0.2) is 82.3 Å². The van der Waals surface area contributed by atoms with E-state index in [9.17, 15) is 19.5 Å². The second-order valence-corrected chi connectivity index (χ2v) is 31.5. The molecule has 0 aromatic rings. The Balaban J connectivity index is 3.89. The minimum atomic E-state index is -1.62. The summed E-state index contributed by atoms with van der Waals surface area (Å²) in [5, 5.41) is 11.9. The number of carbonyl (C=O) groups excluding carboxylic acids is 3. The smallest absolute Gasteiger partial charge is 0.306 e. The maximum atomic E-state index is 13.0. The Morgan fingerprint density at radius 3 is 0.806 bits per heavy atom. The summed E-state index contributed by atoms with van der Waals surface area (Å²) in [6.45, 7) is 4.84.